The summed E-state index contributed by atoms with van der Waals surface area (Å²) in [5, 5.41) is 17.9. The van der Waals surface area contributed by atoms with Crippen LogP contribution in [0.5, 0.6) is 11.5 Å². The number of para-hydroxylation sites is 1. The summed E-state index contributed by atoms with van der Waals surface area (Å²) in [5.74, 6) is 1.84. The second-order valence-corrected chi connectivity index (χ2v) is 13.6. The molecule has 2 aliphatic heterocycles. The number of β-amino-alcohol motifs (C(OH)–C–C–N with tert-alkyl or cyclic N) is 1. The van der Waals surface area contributed by atoms with Crippen LogP contribution < -0.4 is 19.1 Å². The number of aliphatic hydroxyl groups is 1. The number of nitrogens with one attached hydrogen (secondary N) is 1. The van der Waals surface area contributed by atoms with Gasteiger partial charge in [-0.15, -0.1) is 5.10 Å². The molecule has 0 saturated carbocycles. The zero-order valence-electron chi connectivity index (χ0n) is 24.9. The fourth-order valence-electron chi connectivity index (χ4n) is 6.11. The van der Waals surface area contributed by atoms with Crippen molar-refractivity contribution in [1.82, 2.24) is 19.5 Å². The fourth-order valence-corrected chi connectivity index (χ4v) is 6.62. The van der Waals surface area contributed by atoms with Gasteiger partial charge in [0.05, 0.1) is 48.3 Å². The zero-order chi connectivity index (χ0) is 30.4. The second-order valence-electron chi connectivity index (χ2n) is 11.6. The van der Waals surface area contributed by atoms with Gasteiger partial charge in [0.15, 0.2) is 0 Å². The Bertz CT molecular complexity index is 1750. The van der Waals surface area contributed by atoms with Crippen LogP contribution in [0, 0.1) is 0 Å². The number of hydrogen-bond acceptors (Lipinski definition) is 9. The van der Waals surface area contributed by atoms with Crippen molar-refractivity contribution in [1.29, 1.82) is 0 Å². The van der Waals surface area contributed by atoms with Gasteiger partial charge in [-0.1, -0.05) is 18.2 Å². The quantitative estimate of drug-likeness (QED) is 0.306. The highest BCUT2D eigenvalue weighted by atomic mass is 32.2. The second kappa shape index (κ2) is 11.3. The average molecular weight is 607 g/mol. The van der Waals surface area contributed by atoms with Gasteiger partial charge < -0.3 is 24.8 Å². The Morgan fingerprint density at radius 2 is 1.93 bits per heavy atom. The highest BCUT2D eigenvalue weighted by Gasteiger charge is 2.40. The first-order valence-electron chi connectivity index (χ1n) is 14.5. The summed E-state index contributed by atoms with van der Waals surface area (Å²) in [5.41, 5.74) is 4.44. The minimum Gasteiger partial charge on any atom is -0.494 e. The van der Waals surface area contributed by atoms with Crippen molar-refractivity contribution in [3.63, 3.8) is 0 Å². The number of aromatic nitrogens is 3. The molecule has 1 saturated heterocycles. The smallest absolute Gasteiger partial charge is 0.245 e. The van der Waals surface area contributed by atoms with Gasteiger partial charge in [-0.3, -0.25) is 4.31 Å². The van der Waals surface area contributed by atoms with Gasteiger partial charge in [0, 0.05) is 38.3 Å². The van der Waals surface area contributed by atoms with Crippen molar-refractivity contribution in [2.45, 2.75) is 44.3 Å². The van der Waals surface area contributed by atoms with E-state index in [1.54, 1.807) is 30.9 Å². The Labute approximate surface area is 252 Å². The number of nitrogens with zero attached hydrogens (tertiary/aromatic N) is 5. The molecule has 0 radical (unpaired) electrons. The fraction of sp³-hybridized carbons (Fsp3) is 0.419. The van der Waals surface area contributed by atoms with Gasteiger partial charge in [0.2, 0.25) is 16.0 Å². The molecule has 4 heterocycles. The Balaban J connectivity index is 1.27. The molecule has 0 amide bonds. The molecule has 4 aromatic rings. The van der Waals surface area contributed by atoms with E-state index in [-0.39, 0.29) is 11.7 Å². The van der Waals surface area contributed by atoms with E-state index < -0.39 is 10.0 Å². The molecule has 6 rings (SSSR count). The summed E-state index contributed by atoms with van der Waals surface area (Å²) in [6.07, 6.45) is 6.26. The molecule has 1 atom stereocenters. The third-order valence-electron chi connectivity index (χ3n) is 8.51. The van der Waals surface area contributed by atoms with Crippen molar-refractivity contribution in [3.05, 3.63) is 60.3 Å². The molecule has 2 aromatic heterocycles. The molecule has 0 aliphatic carbocycles. The normalized spacial score (nSPS) is 17.3. The number of aliphatic hydroxyl groups excluding tert-OH is 1. The average Bonchev–Trinajstić information content (AvgIpc) is 3.40. The monoisotopic (exact) mass is 606 g/mol. The maximum atomic E-state index is 12.3. The Hall–Kier alpha value is -3.87. The summed E-state index contributed by atoms with van der Waals surface area (Å²) in [7, 11) is -0.289. The number of piperidine rings is 1. The SMILES string of the molecule is COc1cc2c(cc1Nc1ncc3ccc(-c4ccccc4N(C)S(C)(=O)=O)n3n1)CCC1(CCN(C[C@H](C)O)CC1)O2. The van der Waals surface area contributed by atoms with E-state index in [4.69, 9.17) is 14.6 Å². The number of benzene rings is 2. The van der Waals surface area contributed by atoms with Crippen LogP contribution in [-0.2, 0) is 16.4 Å². The molecule has 12 heteroatoms. The molecular weight excluding hydrogens is 568 g/mol. The van der Waals surface area contributed by atoms with Crippen LogP contribution in [0.25, 0.3) is 16.8 Å². The molecule has 2 aromatic carbocycles. The van der Waals surface area contributed by atoms with Crippen LogP contribution in [-0.4, -0.2) is 84.8 Å². The van der Waals surface area contributed by atoms with Crippen LogP contribution in [0.2, 0.25) is 0 Å². The predicted molar refractivity (Wildman–Crippen MR) is 167 cm³/mol. The van der Waals surface area contributed by atoms with Gasteiger partial charge >= 0.3 is 0 Å². The van der Waals surface area contributed by atoms with Crippen LogP contribution in [0.15, 0.2) is 54.7 Å². The number of likely N-dealkylation sites (tertiary alicyclic amines) is 1. The van der Waals surface area contributed by atoms with Gasteiger partial charge in [0.1, 0.15) is 17.1 Å². The summed E-state index contributed by atoms with van der Waals surface area (Å²) in [6.45, 7) is 4.34. The number of anilines is 3. The van der Waals surface area contributed by atoms with E-state index in [0.29, 0.717) is 23.9 Å². The minimum atomic E-state index is -3.46. The number of rotatable bonds is 8. The molecule has 0 unspecified atom stereocenters. The Kier molecular flexibility index (Phi) is 7.69. The van der Waals surface area contributed by atoms with Gasteiger partial charge in [-0.05, 0) is 62.4 Å². The van der Waals surface area contributed by atoms with Crippen molar-refractivity contribution >= 4 is 32.9 Å². The first kappa shape index (κ1) is 29.2. The Morgan fingerprint density at radius 3 is 2.65 bits per heavy atom. The highest BCUT2D eigenvalue weighted by Crippen LogP contribution is 2.44. The van der Waals surface area contributed by atoms with Crippen LogP contribution in [0.4, 0.5) is 17.3 Å². The van der Waals surface area contributed by atoms with E-state index in [1.807, 2.05) is 49.4 Å². The van der Waals surface area contributed by atoms with Gasteiger partial charge in [-0.2, -0.15) is 0 Å². The molecule has 1 fully saturated rings. The lowest BCUT2D eigenvalue weighted by Gasteiger charge is -2.45. The van der Waals surface area contributed by atoms with E-state index in [9.17, 15) is 13.5 Å². The standard InChI is InChI=1S/C31H38N6O5S/c1-21(38)20-36-15-13-31(14-16-36)12-11-22-17-25(29(41-3)18-28(22)42-31)33-30-32-19-23-9-10-27(37(23)34-30)24-7-5-6-8-26(24)35(2)43(4,39)40/h5-10,17-19,21,38H,11-16,20H2,1-4H3,(H,33,34)/t21-/m0/s1. The molecule has 2 N–H and O–H groups in total. The molecule has 0 bridgehead atoms. The van der Waals surface area contributed by atoms with Gasteiger partial charge in [0.25, 0.3) is 0 Å². The molecule has 1 spiro atoms. The van der Waals surface area contributed by atoms with Crippen molar-refractivity contribution in [2.24, 2.45) is 0 Å². The molecule has 43 heavy (non-hydrogen) atoms. The molecular formula is C31H38N6O5S. The number of methoxy groups -OCH3 is 1. The van der Waals surface area contributed by atoms with E-state index in [1.165, 1.54) is 10.6 Å². The third kappa shape index (κ3) is 5.86. The largest absolute Gasteiger partial charge is 0.494 e. The first-order chi connectivity index (χ1) is 20.5. The Morgan fingerprint density at radius 1 is 1.16 bits per heavy atom. The van der Waals surface area contributed by atoms with Gasteiger partial charge in [-0.25, -0.2) is 17.9 Å². The zero-order valence-corrected chi connectivity index (χ0v) is 25.8. The maximum absolute atomic E-state index is 12.3. The van der Waals surface area contributed by atoms with Crippen LogP contribution in [0.1, 0.15) is 31.7 Å². The lowest BCUT2D eigenvalue weighted by molar-refractivity contribution is -0.0223. The summed E-state index contributed by atoms with van der Waals surface area (Å²) >= 11 is 0. The van der Waals surface area contributed by atoms with Crippen LogP contribution >= 0.6 is 0 Å². The highest BCUT2D eigenvalue weighted by molar-refractivity contribution is 7.92. The van der Waals surface area contributed by atoms with Crippen molar-refractivity contribution in [3.8, 4) is 22.8 Å². The number of aryl methyl sites for hydroxylation is 1. The third-order valence-corrected chi connectivity index (χ3v) is 9.70. The van der Waals surface area contributed by atoms with Crippen molar-refractivity contribution < 1.29 is 23.0 Å². The lowest BCUT2D eigenvalue weighted by Crippen LogP contribution is -2.50. The molecule has 2 aliphatic rings. The first-order valence-corrected chi connectivity index (χ1v) is 16.4. The number of hydrogen-bond donors (Lipinski definition) is 2. The van der Waals surface area contributed by atoms with E-state index in [0.717, 1.165) is 72.5 Å². The van der Waals surface area contributed by atoms with E-state index >= 15 is 0 Å². The number of sulfonamides is 1. The van der Waals surface area contributed by atoms with E-state index in [2.05, 4.69) is 15.2 Å². The van der Waals surface area contributed by atoms with Crippen LogP contribution in [0.3, 0.4) is 0 Å². The number of fused-ring (bicyclic) bond motifs is 2. The lowest BCUT2D eigenvalue weighted by atomic mass is 9.83. The maximum Gasteiger partial charge on any atom is 0.245 e. The summed E-state index contributed by atoms with van der Waals surface area (Å²) in [6, 6.07) is 15.1. The summed E-state index contributed by atoms with van der Waals surface area (Å²) < 4.78 is 40.1. The number of ether oxygens (including phenoxy) is 2. The summed E-state index contributed by atoms with van der Waals surface area (Å²) in [4.78, 5) is 6.83. The minimum absolute atomic E-state index is 0.192. The topological polar surface area (TPSA) is 122 Å². The van der Waals surface area contributed by atoms with Crippen molar-refractivity contribution in [2.75, 3.05) is 49.7 Å². The molecule has 228 valence electrons. The predicted octanol–water partition coefficient (Wildman–Crippen LogP) is 4.08. The molecule has 11 nitrogen and oxygen atoms in total.